The predicted molar refractivity (Wildman–Crippen MR) is 93.7 cm³/mol. The Morgan fingerprint density at radius 1 is 1.26 bits per heavy atom. The molecule has 3 heterocycles. The lowest BCUT2D eigenvalue weighted by Crippen LogP contribution is -2.07. The second-order valence-electron chi connectivity index (χ2n) is 5.07. The number of carbonyl (C=O) groups is 1. The van der Waals surface area contributed by atoms with Gasteiger partial charge in [0, 0.05) is 11.3 Å². The van der Waals surface area contributed by atoms with Crippen LogP contribution in [0.2, 0.25) is 0 Å². The smallest absolute Gasteiger partial charge is 0.350 e. The third kappa shape index (κ3) is 2.44. The zero-order valence-electron chi connectivity index (χ0n) is 12.5. The number of rotatable bonds is 4. The van der Waals surface area contributed by atoms with Crippen LogP contribution in [-0.4, -0.2) is 22.0 Å². The van der Waals surface area contributed by atoms with E-state index in [-0.39, 0.29) is 5.97 Å². The molecular formula is C17H14N2O2S2. The number of imidazole rings is 1. The van der Waals surface area contributed by atoms with Gasteiger partial charge < -0.3 is 4.74 Å². The molecule has 0 aliphatic rings. The molecule has 6 heteroatoms. The third-order valence-electron chi connectivity index (χ3n) is 3.64. The van der Waals surface area contributed by atoms with Crippen molar-refractivity contribution >= 4 is 44.6 Å². The number of carbonyl (C=O) groups excluding carboxylic acids is 1. The maximum atomic E-state index is 12.3. The van der Waals surface area contributed by atoms with Crippen LogP contribution in [0.5, 0.6) is 0 Å². The van der Waals surface area contributed by atoms with Crippen LogP contribution in [0.1, 0.15) is 27.2 Å². The van der Waals surface area contributed by atoms with E-state index in [0.29, 0.717) is 17.9 Å². The van der Waals surface area contributed by atoms with E-state index in [0.717, 1.165) is 21.7 Å². The summed E-state index contributed by atoms with van der Waals surface area (Å²) in [6, 6.07) is 12.1. The van der Waals surface area contributed by atoms with Crippen molar-refractivity contribution in [3.8, 4) is 0 Å². The number of aromatic nitrogens is 2. The first-order valence-corrected chi connectivity index (χ1v) is 9.06. The number of thiophene rings is 1. The van der Waals surface area contributed by atoms with Crippen molar-refractivity contribution < 1.29 is 9.53 Å². The minimum Gasteiger partial charge on any atom is -0.462 e. The van der Waals surface area contributed by atoms with Crippen molar-refractivity contribution in [1.29, 1.82) is 0 Å². The highest BCUT2D eigenvalue weighted by atomic mass is 32.1. The van der Waals surface area contributed by atoms with Crippen molar-refractivity contribution in [3.63, 3.8) is 0 Å². The van der Waals surface area contributed by atoms with E-state index >= 15 is 0 Å². The van der Waals surface area contributed by atoms with Gasteiger partial charge in [-0.3, -0.25) is 4.40 Å². The van der Waals surface area contributed by atoms with Crippen molar-refractivity contribution in [2.45, 2.75) is 13.3 Å². The van der Waals surface area contributed by atoms with E-state index in [2.05, 4.69) is 20.8 Å². The van der Waals surface area contributed by atoms with Crippen LogP contribution in [-0.2, 0) is 11.2 Å². The number of hydrogen-bond donors (Lipinski definition) is 0. The molecule has 0 aliphatic carbocycles. The second kappa shape index (κ2) is 5.79. The normalized spacial score (nSPS) is 11.3. The number of para-hydroxylation sites is 2. The summed E-state index contributed by atoms with van der Waals surface area (Å²) in [4.78, 5) is 19.7. The Hall–Kier alpha value is -2.18. The predicted octanol–water partition coefficient (Wildman–Crippen LogP) is 4.38. The Morgan fingerprint density at radius 3 is 2.91 bits per heavy atom. The Labute approximate surface area is 141 Å². The molecule has 0 saturated carbocycles. The zero-order chi connectivity index (χ0) is 15.8. The molecule has 0 fully saturated rings. The van der Waals surface area contributed by atoms with Crippen molar-refractivity contribution in [1.82, 2.24) is 9.38 Å². The van der Waals surface area contributed by atoms with Crippen LogP contribution in [0.15, 0.2) is 41.8 Å². The van der Waals surface area contributed by atoms with E-state index < -0.39 is 0 Å². The summed E-state index contributed by atoms with van der Waals surface area (Å²) >= 11 is 3.09. The summed E-state index contributed by atoms with van der Waals surface area (Å²) in [5.41, 5.74) is 2.93. The molecule has 0 atom stereocenters. The largest absolute Gasteiger partial charge is 0.462 e. The lowest BCUT2D eigenvalue weighted by Gasteiger charge is -2.04. The van der Waals surface area contributed by atoms with Gasteiger partial charge in [-0.1, -0.05) is 29.5 Å². The van der Waals surface area contributed by atoms with E-state index in [4.69, 9.17) is 4.74 Å². The van der Waals surface area contributed by atoms with Gasteiger partial charge in [-0.25, -0.2) is 9.78 Å². The molecule has 4 rings (SSSR count). The van der Waals surface area contributed by atoms with Crippen LogP contribution >= 0.6 is 22.7 Å². The third-order valence-corrected chi connectivity index (χ3v) is 5.58. The summed E-state index contributed by atoms with van der Waals surface area (Å²) in [5, 5.41) is 2.05. The SMILES string of the molecule is CCOC(=O)c1sc2nc3ccccc3n2c1Cc1cccs1. The van der Waals surface area contributed by atoms with Gasteiger partial charge in [-0.2, -0.15) is 0 Å². The number of ether oxygens (including phenoxy) is 1. The number of fused-ring (bicyclic) bond motifs is 3. The molecule has 4 aromatic rings. The molecular weight excluding hydrogens is 328 g/mol. The highest BCUT2D eigenvalue weighted by Gasteiger charge is 2.22. The van der Waals surface area contributed by atoms with Gasteiger partial charge in [0.15, 0.2) is 4.96 Å². The quantitative estimate of drug-likeness (QED) is 0.517. The molecule has 0 bridgehead atoms. The summed E-state index contributed by atoms with van der Waals surface area (Å²) in [7, 11) is 0. The van der Waals surface area contributed by atoms with Crippen molar-refractivity contribution in [2.24, 2.45) is 0 Å². The lowest BCUT2D eigenvalue weighted by atomic mass is 10.2. The maximum absolute atomic E-state index is 12.3. The topological polar surface area (TPSA) is 43.6 Å². The molecule has 0 radical (unpaired) electrons. The first-order chi connectivity index (χ1) is 11.3. The van der Waals surface area contributed by atoms with E-state index in [9.17, 15) is 4.79 Å². The Kier molecular flexibility index (Phi) is 3.63. The second-order valence-corrected chi connectivity index (χ2v) is 7.08. The summed E-state index contributed by atoms with van der Waals surface area (Å²) < 4.78 is 7.32. The zero-order valence-corrected chi connectivity index (χ0v) is 14.1. The number of thiazole rings is 1. The fraction of sp³-hybridized carbons (Fsp3) is 0.176. The molecule has 0 saturated heterocycles. The molecule has 4 nitrogen and oxygen atoms in total. The molecule has 0 unspecified atom stereocenters. The van der Waals surface area contributed by atoms with E-state index in [1.54, 1.807) is 11.3 Å². The fourth-order valence-electron chi connectivity index (χ4n) is 2.68. The van der Waals surface area contributed by atoms with Crippen LogP contribution in [0.3, 0.4) is 0 Å². The first-order valence-electron chi connectivity index (χ1n) is 7.36. The number of nitrogens with zero attached hydrogens (tertiary/aromatic N) is 2. The van der Waals surface area contributed by atoms with Gasteiger partial charge in [0.05, 0.1) is 23.3 Å². The van der Waals surface area contributed by atoms with Gasteiger partial charge in [0.1, 0.15) is 4.88 Å². The monoisotopic (exact) mass is 342 g/mol. The summed E-state index contributed by atoms with van der Waals surface area (Å²) in [6.45, 7) is 2.20. The first kappa shape index (κ1) is 14.4. The minimum absolute atomic E-state index is 0.265. The van der Waals surface area contributed by atoms with Gasteiger partial charge >= 0.3 is 5.97 Å². The average Bonchev–Trinajstić information content (AvgIpc) is 3.24. The van der Waals surface area contributed by atoms with E-state index in [1.165, 1.54) is 16.2 Å². The summed E-state index contributed by atoms with van der Waals surface area (Å²) in [5.74, 6) is -0.265. The summed E-state index contributed by atoms with van der Waals surface area (Å²) in [6.07, 6.45) is 0.701. The Balaban J connectivity index is 1.95. The van der Waals surface area contributed by atoms with Crippen molar-refractivity contribution in [3.05, 3.63) is 57.2 Å². The molecule has 1 aromatic carbocycles. The van der Waals surface area contributed by atoms with Gasteiger partial charge in [-0.15, -0.1) is 11.3 Å². The fourth-order valence-corrected chi connectivity index (χ4v) is 4.44. The lowest BCUT2D eigenvalue weighted by molar-refractivity contribution is 0.0530. The Bertz CT molecular complexity index is 983. The van der Waals surface area contributed by atoms with Gasteiger partial charge in [0.25, 0.3) is 0 Å². The van der Waals surface area contributed by atoms with Crippen LogP contribution in [0, 0.1) is 0 Å². The highest BCUT2D eigenvalue weighted by Crippen LogP contribution is 2.31. The van der Waals surface area contributed by atoms with Crippen LogP contribution in [0.25, 0.3) is 16.0 Å². The molecule has 3 aromatic heterocycles. The highest BCUT2D eigenvalue weighted by molar-refractivity contribution is 7.19. The maximum Gasteiger partial charge on any atom is 0.350 e. The Morgan fingerprint density at radius 2 is 2.13 bits per heavy atom. The number of esters is 1. The van der Waals surface area contributed by atoms with E-state index in [1.807, 2.05) is 37.3 Å². The van der Waals surface area contributed by atoms with Crippen LogP contribution in [0.4, 0.5) is 0 Å². The molecule has 0 N–H and O–H groups in total. The number of benzene rings is 1. The molecule has 23 heavy (non-hydrogen) atoms. The van der Waals surface area contributed by atoms with Gasteiger partial charge in [-0.05, 0) is 30.5 Å². The molecule has 0 spiro atoms. The number of hydrogen-bond acceptors (Lipinski definition) is 5. The van der Waals surface area contributed by atoms with Gasteiger partial charge in [0.2, 0.25) is 0 Å². The molecule has 0 amide bonds. The standard InChI is InChI=1S/C17H14N2O2S2/c1-2-21-16(20)15-14(10-11-6-5-9-22-11)19-13-8-4-3-7-12(13)18-17(19)23-15/h3-9H,2,10H2,1H3. The molecule has 116 valence electrons. The average molecular weight is 342 g/mol. The minimum atomic E-state index is -0.265. The van der Waals surface area contributed by atoms with Crippen LogP contribution < -0.4 is 0 Å². The molecule has 0 aliphatic heterocycles. The van der Waals surface area contributed by atoms with Crippen molar-refractivity contribution in [2.75, 3.05) is 6.61 Å².